The molecule has 1 N–H and O–H groups in total. The Morgan fingerprint density at radius 2 is 2.10 bits per heavy atom. The number of amides is 1. The number of rotatable bonds is 8. The quantitative estimate of drug-likeness (QED) is 0.796. The zero-order valence-corrected chi connectivity index (χ0v) is 15.2. The first kappa shape index (κ1) is 18.2. The average molecular weight is 331 g/mol. The SMILES string of the molecule is CCN(CCS(=O)CC)C(=O)c1cc(C(C)C)sc1NC. The van der Waals surface area contributed by atoms with E-state index in [9.17, 15) is 9.00 Å². The summed E-state index contributed by atoms with van der Waals surface area (Å²) in [6, 6.07) is 1.99. The van der Waals surface area contributed by atoms with Crippen LogP contribution in [0.4, 0.5) is 5.00 Å². The number of nitrogens with one attached hydrogen (secondary N) is 1. The van der Waals surface area contributed by atoms with Crippen LogP contribution in [0.15, 0.2) is 6.07 Å². The minimum Gasteiger partial charge on any atom is -0.379 e. The van der Waals surface area contributed by atoms with Gasteiger partial charge in [-0.1, -0.05) is 20.8 Å². The first-order valence-corrected chi connectivity index (χ1v) is 9.70. The van der Waals surface area contributed by atoms with Crippen LogP contribution >= 0.6 is 11.3 Å². The van der Waals surface area contributed by atoms with E-state index in [-0.39, 0.29) is 5.91 Å². The predicted octanol–water partition coefficient (Wildman–Crippen LogP) is 3.14. The zero-order valence-electron chi connectivity index (χ0n) is 13.6. The highest BCUT2D eigenvalue weighted by Crippen LogP contribution is 2.33. The molecule has 0 aromatic carbocycles. The lowest BCUT2D eigenvalue weighted by molar-refractivity contribution is 0.0775. The van der Waals surface area contributed by atoms with Crippen LogP contribution in [0.3, 0.4) is 0 Å². The van der Waals surface area contributed by atoms with Crippen molar-refractivity contribution < 1.29 is 9.00 Å². The number of thiophene rings is 1. The van der Waals surface area contributed by atoms with Gasteiger partial charge >= 0.3 is 0 Å². The summed E-state index contributed by atoms with van der Waals surface area (Å²) < 4.78 is 11.6. The number of carbonyl (C=O) groups is 1. The Hall–Kier alpha value is -0.880. The second-order valence-corrected chi connectivity index (χ2v) is 8.06. The van der Waals surface area contributed by atoms with Crippen molar-refractivity contribution in [3.63, 3.8) is 0 Å². The number of anilines is 1. The van der Waals surface area contributed by atoms with Gasteiger partial charge in [-0.05, 0) is 18.9 Å². The Kier molecular flexibility index (Phi) is 7.39. The first-order valence-electron chi connectivity index (χ1n) is 7.40. The Labute approximate surface area is 134 Å². The predicted molar refractivity (Wildman–Crippen MR) is 93.1 cm³/mol. The van der Waals surface area contributed by atoms with Crippen LogP contribution in [0.5, 0.6) is 0 Å². The molecule has 0 radical (unpaired) electrons. The van der Waals surface area contributed by atoms with Crippen molar-refractivity contribution in [2.75, 3.05) is 37.0 Å². The second kappa shape index (κ2) is 8.54. The first-order chi connectivity index (χ1) is 9.94. The fourth-order valence-electron chi connectivity index (χ4n) is 1.97. The molecule has 4 nitrogen and oxygen atoms in total. The van der Waals surface area contributed by atoms with Crippen molar-refractivity contribution in [3.8, 4) is 0 Å². The lowest BCUT2D eigenvalue weighted by Crippen LogP contribution is -2.34. The standard InChI is InChI=1S/C15H26N2O2S2/c1-6-17(8-9-21(19)7-2)15(18)12-10-13(11(3)4)20-14(12)16-5/h10-11,16H,6-9H2,1-5H3. The molecule has 0 fully saturated rings. The molecule has 0 saturated heterocycles. The van der Waals surface area contributed by atoms with Gasteiger partial charge in [-0.25, -0.2) is 0 Å². The molecule has 1 heterocycles. The van der Waals surface area contributed by atoms with Gasteiger partial charge in [0.1, 0.15) is 5.00 Å². The Balaban J connectivity index is 2.91. The van der Waals surface area contributed by atoms with Gasteiger partial charge in [0, 0.05) is 47.3 Å². The topological polar surface area (TPSA) is 49.4 Å². The third-order valence-corrected chi connectivity index (χ3v) is 6.09. The molecule has 1 aromatic heterocycles. The van der Waals surface area contributed by atoms with E-state index < -0.39 is 10.8 Å². The van der Waals surface area contributed by atoms with Gasteiger partial charge in [-0.3, -0.25) is 9.00 Å². The van der Waals surface area contributed by atoms with Gasteiger partial charge in [0.05, 0.1) is 5.56 Å². The van der Waals surface area contributed by atoms with Crippen LogP contribution in [0.2, 0.25) is 0 Å². The summed E-state index contributed by atoms with van der Waals surface area (Å²) in [6.07, 6.45) is 0. The number of hydrogen-bond acceptors (Lipinski definition) is 4. The van der Waals surface area contributed by atoms with Gasteiger partial charge in [-0.15, -0.1) is 11.3 Å². The molecule has 0 spiro atoms. The van der Waals surface area contributed by atoms with Crippen molar-refractivity contribution in [2.45, 2.75) is 33.6 Å². The average Bonchev–Trinajstić information content (AvgIpc) is 2.91. The molecule has 1 unspecified atom stereocenters. The maximum absolute atomic E-state index is 12.7. The fraction of sp³-hybridized carbons (Fsp3) is 0.667. The molecule has 0 aliphatic carbocycles. The van der Waals surface area contributed by atoms with Crippen molar-refractivity contribution in [1.29, 1.82) is 0 Å². The summed E-state index contributed by atoms with van der Waals surface area (Å²) in [4.78, 5) is 15.7. The van der Waals surface area contributed by atoms with Gasteiger partial charge < -0.3 is 10.2 Å². The maximum Gasteiger partial charge on any atom is 0.256 e. The Morgan fingerprint density at radius 1 is 1.43 bits per heavy atom. The molecule has 0 saturated carbocycles. The third kappa shape index (κ3) is 4.81. The van der Waals surface area contributed by atoms with E-state index in [4.69, 9.17) is 0 Å². The van der Waals surface area contributed by atoms with E-state index in [1.165, 1.54) is 4.88 Å². The van der Waals surface area contributed by atoms with Crippen LogP contribution in [-0.4, -0.2) is 46.7 Å². The Morgan fingerprint density at radius 3 is 2.57 bits per heavy atom. The molecule has 120 valence electrons. The highest BCUT2D eigenvalue weighted by Gasteiger charge is 2.21. The highest BCUT2D eigenvalue weighted by molar-refractivity contribution is 7.84. The number of carbonyl (C=O) groups excluding carboxylic acids is 1. The van der Waals surface area contributed by atoms with Crippen molar-refractivity contribution >= 4 is 33.0 Å². The molecule has 1 aromatic rings. The van der Waals surface area contributed by atoms with Gasteiger partial charge in [0.25, 0.3) is 5.91 Å². The summed E-state index contributed by atoms with van der Waals surface area (Å²) >= 11 is 1.63. The minimum atomic E-state index is -0.838. The lowest BCUT2D eigenvalue weighted by Gasteiger charge is -2.20. The smallest absolute Gasteiger partial charge is 0.256 e. The normalized spacial score (nSPS) is 12.5. The monoisotopic (exact) mass is 330 g/mol. The van der Waals surface area contributed by atoms with E-state index in [1.807, 2.05) is 27.0 Å². The summed E-state index contributed by atoms with van der Waals surface area (Å²) in [5.41, 5.74) is 0.732. The van der Waals surface area contributed by atoms with E-state index in [0.29, 0.717) is 30.5 Å². The third-order valence-electron chi connectivity index (χ3n) is 3.36. The van der Waals surface area contributed by atoms with Gasteiger partial charge in [-0.2, -0.15) is 0 Å². The van der Waals surface area contributed by atoms with Crippen LogP contribution in [0.25, 0.3) is 0 Å². The van der Waals surface area contributed by atoms with Crippen LogP contribution < -0.4 is 5.32 Å². The summed E-state index contributed by atoms with van der Waals surface area (Å²) in [6.45, 7) is 9.30. The molecule has 1 rings (SSSR count). The molecule has 6 heteroatoms. The van der Waals surface area contributed by atoms with Crippen molar-refractivity contribution in [3.05, 3.63) is 16.5 Å². The molecule has 0 bridgehead atoms. The van der Waals surface area contributed by atoms with Crippen molar-refractivity contribution in [1.82, 2.24) is 4.90 Å². The second-order valence-electron chi connectivity index (χ2n) is 5.11. The van der Waals surface area contributed by atoms with Crippen LogP contribution in [0.1, 0.15) is 48.8 Å². The van der Waals surface area contributed by atoms with Gasteiger partial charge in [0.2, 0.25) is 0 Å². The molecule has 1 atom stereocenters. The number of nitrogens with zero attached hydrogens (tertiary/aromatic N) is 1. The summed E-state index contributed by atoms with van der Waals surface area (Å²) in [5.74, 6) is 1.62. The number of hydrogen-bond donors (Lipinski definition) is 1. The Bertz CT molecular complexity index is 498. The molecule has 0 aliphatic heterocycles. The minimum absolute atomic E-state index is 0.0260. The van der Waals surface area contributed by atoms with E-state index in [0.717, 1.165) is 10.6 Å². The molecule has 0 aliphatic rings. The molecular formula is C15H26N2O2S2. The van der Waals surface area contributed by atoms with Crippen molar-refractivity contribution in [2.24, 2.45) is 0 Å². The molecule has 21 heavy (non-hydrogen) atoms. The highest BCUT2D eigenvalue weighted by atomic mass is 32.2. The maximum atomic E-state index is 12.7. The van der Waals surface area contributed by atoms with Crippen LogP contribution in [0, 0.1) is 0 Å². The van der Waals surface area contributed by atoms with Gasteiger partial charge in [0.15, 0.2) is 0 Å². The summed E-state index contributed by atoms with van der Waals surface area (Å²) in [7, 11) is 1.00. The van der Waals surface area contributed by atoms with E-state index in [2.05, 4.69) is 19.2 Å². The molecule has 1 amide bonds. The fourth-order valence-corrected chi connectivity index (χ4v) is 3.69. The van der Waals surface area contributed by atoms with E-state index in [1.54, 1.807) is 16.2 Å². The molecular weight excluding hydrogens is 304 g/mol. The zero-order chi connectivity index (χ0) is 16.0. The van der Waals surface area contributed by atoms with Crippen LogP contribution in [-0.2, 0) is 10.8 Å². The van der Waals surface area contributed by atoms with E-state index >= 15 is 0 Å². The largest absolute Gasteiger partial charge is 0.379 e. The summed E-state index contributed by atoms with van der Waals surface area (Å²) in [5, 5.41) is 4.03. The lowest BCUT2D eigenvalue weighted by atomic mass is 10.1.